The van der Waals surface area contributed by atoms with Gasteiger partial charge in [0.05, 0.1) is 30.8 Å². The number of methoxy groups -OCH3 is 1. The smallest absolute Gasteiger partial charge is 0.337 e. The van der Waals surface area contributed by atoms with E-state index in [4.69, 9.17) is 0 Å². The number of carbonyl (C=O) groups is 4. The second-order valence-corrected chi connectivity index (χ2v) is 8.12. The summed E-state index contributed by atoms with van der Waals surface area (Å²) < 4.78 is 17.7. The Bertz CT molecular complexity index is 1060. The molecule has 2 fully saturated rings. The van der Waals surface area contributed by atoms with Crippen molar-refractivity contribution < 1.29 is 28.3 Å². The van der Waals surface area contributed by atoms with E-state index in [1.54, 1.807) is 12.1 Å². The number of hydrogen-bond donors (Lipinski definition) is 1. The average Bonchev–Trinajstić information content (AvgIpc) is 3.13. The van der Waals surface area contributed by atoms with E-state index in [9.17, 15) is 23.6 Å². The molecule has 0 bridgehead atoms. The van der Waals surface area contributed by atoms with Crippen LogP contribution in [0.4, 0.5) is 10.1 Å². The molecule has 1 N–H and O–H groups in total. The van der Waals surface area contributed by atoms with Gasteiger partial charge < -0.3 is 10.1 Å². The Hall–Kier alpha value is -3.59. The Morgan fingerprint density at radius 2 is 1.58 bits per heavy atom. The summed E-state index contributed by atoms with van der Waals surface area (Å²) in [6, 6.07) is 10.9. The molecule has 2 aliphatic rings. The Morgan fingerprint density at radius 1 is 0.970 bits per heavy atom. The predicted molar refractivity (Wildman–Crippen MR) is 117 cm³/mol. The van der Waals surface area contributed by atoms with Gasteiger partial charge in [0.25, 0.3) is 11.8 Å². The highest BCUT2D eigenvalue weighted by atomic mass is 19.1. The highest BCUT2D eigenvalue weighted by Crippen LogP contribution is 2.28. The molecular formula is C24H24FN3O5. The average molecular weight is 453 g/mol. The molecule has 1 atom stereocenters. The van der Waals surface area contributed by atoms with Crippen LogP contribution in [0.2, 0.25) is 0 Å². The molecule has 0 saturated carbocycles. The van der Waals surface area contributed by atoms with Gasteiger partial charge >= 0.3 is 5.97 Å². The van der Waals surface area contributed by atoms with Crippen LogP contribution < -0.4 is 10.2 Å². The first-order valence-corrected chi connectivity index (χ1v) is 10.7. The largest absolute Gasteiger partial charge is 0.465 e. The lowest BCUT2D eigenvalue weighted by molar-refractivity contribution is -0.123. The second kappa shape index (κ2) is 9.50. The quantitative estimate of drug-likeness (QED) is 0.551. The Labute approximate surface area is 190 Å². The minimum Gasteiger partial charge on any atom is -0.465 e. The molecule has 2 aromatic carbocycles. The molecule has 8 nitrogen and oxygen atoms in total. The van der Waals surface area contributed by atoms with Gasteiger partial charge in [0, 0.05) is 24.7 Å². The lowest BCUT2D eigenvalue weighted by Crippen LogP contribution is -2.50. The van der Waals surface area contributed by atoms with Crippen molar-refractivity contribution in [3.05, 3.63) is 65.5 Å². The van der Waals surface area contributed by atoms with E-state index in [0.29, 0.717) is 42.7 Å². The predicted octanol–water partition coefficient (Wildman–Crippen LogP) is 2.14. The standard InChI is InChI=1S/C24H24FN3O5/c1-33-24(32)16-4-8-19(9-5-16)28-21(29)14-20(23(28)31)27-12-10-18(11-13-27)26-22(30)15-2-6-17(25)7-3-15/h2-9,18,20H,10-14H2,1H3,(H,26,30)/t20-/m0/s1. The molecule has 0 unspecified atom stereocenters. The van der Waals surface area contributed by atoms with Crippen molar-refractivity contribution in [1.29, 1.82) is 0 Å². The first-order valence-electron chi connectivity index (χ1n) is 10.7. The van der Waals surface area contributed by atoms with Crippen LogP contribution in [-0.4, -0.2) is 60.9 Å². The molecule has 3 amide bonds. The van der Waals surface area contributed by atoms with Gasteiger partial charge in [-0.25, -0.2) is 14.1 Å². The molecule has 172 valence electrons. The van der Waals surface area contributed by atoms with Crippen LogP contribution >= 0.6 is 0 Å². The first-order chi connectivity index (χ1) is 15.9. The Morgan fingerprint density at radius 3 is 2.18 bits per heavy atom. The van der Waals surface area contributed by atoms with Crippen LogP contribution in [0.1, 0.15) is 40.0 Å². The molecule has 0 aromatic heterocycles. The van der Waals surface area contributed by atoms with E-state index in [2.05, 4.69) is 10.1 Å². The first kappa shape index (κ1) is 22.6. The van der Waals surface area contributed by atoms with Crippen molar-refractivity contribution in [1.82, 2.24) is 10.2 Å². The number of halogens is 1. The van der Waals surface area contributed by atoms with Crippen molar-refractivity contribution in [2.75, 3.05) is 25.1 Å². The van der Waals surface area contributed by atoms with E-state index in [-0.39, 0.29) is 30.2 Å². The number of nitrogens with one attached hydrogen (secondary N) is 1. The molecule has 0 aliphatic carbocycles. The van der Waals surface area contributed by atoms with Crippen LogP contribution in [0.5, 0.6) is 0 Å². The summed E-state index contributed by atoms with van der Waals surface area (Å²) in [5.41, 5.74) is 1.15. The summed E-state index contributed by atoms with van der Waals surface area (Å²) in [6.07, 6.45) is 1.36. The number of hydrogen-bond acceptors (Lipinski definition) is 6. The van der Waals surface area contributed by atoms with Gasteiger partial charge in [0.1, 0.15) is 5.82 Å². The van der Waals surface area contributed by atoms with Crippen molar-refractivity contribution in [2.24, 2.45) is 0 Å². The maximum atomic E-state index is 13.0. The number of carbonyl (C=O) groups excluding carboxylic acids is 4. The summed E-state index contributed by atoms with van der Waals surface area (Å²) in [4.78, 5) is 52.7. The number of piperidine rings is 1. The topological polar surface area (TPSA) is 96.0 Å². The lowest BCUT2D eigenvalue weighted by Gasteiger charge is -2.35. The number of benzene rings is 2. The third kappa shape index (κ3) is 4.78. The minimum absolute atomic E-state index is 0.0621. The van der Waals surface area contributed by atoms with Crippen molar-refractivity contribution in [3.63, 3.8) is 0 Å². The third-order valence-electron chi connectivity index (χ3n) is 6.08. The fourth-order valence-electron chi connectivity index (χ4n) is 4.26. The fourth-order valence-corrected chi connectivity index (χ4v) is 4.26. The van der Waals surface area contributed by atoms with Crippen molar-refractivity contribution >= 4 is 29.4 Å². The summed E-state index contributed by atoms with van der Waals surface area (Å²) in [7, 11) is 1.28. The third-order valence-corrected chi connectivity index (χ3v) is 6.08. The molecule has 9 heteroatoms. The zero-order valence-corrected chi connectivity index (χ0v) is 18.1. The Kier molecular flexibility index (Phi) is 6.50. The normalized spacial score (nSPS) is 19.6. The molecule has 0 radical (unpaired) electrons. The number of esters is 1. The van der Waals surface area contributed by atoms with Gasteiger partial charge in [-0.05, 0) is 61.4 Å². The van der Waals surface area contributed by atoms with Crippen LogP contribution in [0.25, 0.3) is 0 Å². The minimum atomic E-state index is -0.550. The zero-order chi connectivity index (χ0) is 23.5. The number of nitrogens with zero attached hydrogens (tertiary/aromatic N) is 2. The molecule has 4 rings (SSSR count). The second-order valence-electron chi connectivity index (χ2n) is 8.12. The van der Waals surface area contributed by atoms with Crippen LogP contribution in [-0.2, 0) is 14.3 Å². The highest BCUT2D eigenvalue weighted by molar-refractivity contribution is 6.22. The van der Waals surface area contributed by atoms with E-state index in [0.717, 1.165) is 4.90 Å². The number of imide groups is 1. The Balaban J connectivity index is 1.34. The molecule has 2 saturated heterocycles. The highest BCUT2D eigenvalue weighted by Gasteiger charge is 2.43. The molecule has 0 spiro atoms. The molecule has 33 heavy (non-hydrogen) atoms. The molecule has 2 heterocycles. The fraction of sp³-hybridized carbons (Fsp3) is 0.333. The maximum Gasteiger partial charge on any atom is 0.337 e. The van der Waals surface area contributed by atoms with Gasteiger partial charge in [-0.1, -0.05) is 0 Å². The summed E-state index contributed by atoms with van der Waals surface area (Å²) in [5.74, 6) is -1.73. The number of amides is 3. The van der Waals surface area contributed by atoms with Gasteiger partial charge in [-0.2, -0.15) is 0 Å². The van der Waals surface area contributed by atoms with Gasteiger partial charge in [-0.3, -0.25) is 19.3 Å². The number of ether oxygens (including phenoxy) is 1. The van der Waals surface area contributed by atoms with Gasteiger partial charge in [0.15, 0.2) is 0 Å². The number of likely N-dealkylation sites (tertiary alicyclic amines) is 1. The van der Waals surface area contributed by atoms with E-state index < -0.39 is 17.8 Å². The SMILES string of the molecule is COC(=O)c1ccc(N2C(=O)C[C@H](N3CCC(NC(=O)c4ccc(F)cc4)CC3)C2=O)cc1. The van der Waals surface area contributed by atoms with Crippen LogP contribution in [0.3, 0.4) is 0 Å². The van der Waals surface area contributed by atoms with Gasteiger partial charge in [-0.15, -0.1) is 0 Å². The summed E-state index contributed by atoms with van der Waals surface area (Å²) in [5, 5.41) is 2.95. The van der Waals surface area contributed by atoms with Crippen LogP contribution in [0, 0.1) is 5.82 Å². The van der Waals surface area contributed by atoms with Crippen molar-refractivity contribution in [2.45, 2.75) is 31.3 Å². The van der Waals surface area contributed by atoms with Crippen LogP contribution in [0.15, 0.2) is 48.5 Å². The van der Waals surface area contributed by atoms with E-state index >= 15 is 0 Å². The van der Waals surface area contributed by atoms with E-state index in [1.807, 2.05) is 4.90 Å². The molecular weight excluding hydrogens is 429 g/mol. The van der Waals surface area contributed by atoms with Gasteiger partial charge in [0.2, 0.25) is 5.91 Å². The van der Waals surface area contributed by atoms with E-state index in [1.165, 1.54) is 43.5 Å². The summed E-state index contributed by atoms with van der Waals surface area (Å²) in [6.45, 7) is 1.13. The van der Waals surface area contributed by atoms with Crippen molar-refractivity contribution in [3.8, 4) is 0 Å². The molecule has 2 aromatic rings. The number of rotatable bonds is 5. The summed E-state index contributed by atoms with van der Waals surface area (Å²) >= 11 is 0. The maximum absolute atomic E-state index is 13.0. The lowest BCUT2D eigenvalue weighted by atomic mass is 10.0. The molecule has 2 aliphatic heterocycles. The number of anilines is 1. The monoisotopic (exact) mass is 453 g/mol. The zero-order valence-electron chi connectivity index (χ0n) is 18.1.